The molecule has 1 aromatic heterocycles. The summed E-state index contributed by atoms with van der Waals surface area (Å²) in [5.41, 5.74) is 0. The topological polar surface area (TPSA) is 88.2 Å². The monoisotopic (exact) mass is 459 g/mol. The van der Waals surface area contributed by atoms with Crippen LogP contribution in [0.5, 0.6) is 11.5 Å². The first-order valence-electron chi connectivity index (χ1n) is 8.84. The van der Waals surface area contributed by atoms with Crippen LogP contribution in [0.15, 0.2) is 35.2 Å². The summed E-state index contributed by atoms with van der Waals surface area (Å²) in [6.45, 7) is 1.44. The van der Waals surface area contributed by atoms with Gasteiger partial charge in [-0.2, -0.15) is 4.31 Å². The Morgan fingerprint density at radius 3 is 2.38 bits per heavy atom. The Morgan fingerprint density at radius 1 is 1.10 bits per heavy atom. The second-order valence-electron chi connectivity index (χ2n) is 6.27. The van der Waals surface area contributed by atoms with Crippen molar-refractivity contribution in [1.29, 1.82) is 0 Å². The van der Waals surface area contributed by atoms with Crippen LogP contribution in [0.25, 0.3) is 0 Å². The summed E-state index contributed by atoms with van der Waals surface area (Å²) in [6, 6.07) is 7.91. The van der Waals surface area contributed by atoms with Gasteiger partial charge < -0.3 is 19.7 Å². The molecule has 0 saturated carbocycles. The first-order chi connectivity index (χ1) is 13.8. The van der Waals surface area contributed by atoms with E-state index in [4.69, 9.17) is 21.1 Å². The van der Waals surface area contributed by atoms with Gasteiger partial charge in [0.2, 0.25) is 10.0 Å². The second-order valence-corrected chi connectivity index (χ2v) is 10.0. The number of methoxy groups -OCH3 is 2. The minimum Gasteiger partial charge on any atom is -0.493 e. The van der Waals surface area contributed by atoms with E-state index in [1.54, 1.807) is 17.0 Å². The molecule has 0 unspecified atom stereocenters. The number of carbonyl (C=O) groups is 1. The number of amides is 2. The molecule has 1 aliphatic rings. The maximum Gasteiger partial charge on any atom is 0.317 e. The Balaban J connectivity index is 1.59. The molecular formula is C18H22ClN3O5S2. The van der Waals surface area contributed by atoms with Crippen molar-refractivity contribution in [2.24, 2.45) is 0 Å². The Hall–Kier alpha value is -2.01. The lowest BCUT2D eigenvalue weighted by atomic mass is 10.3. The highest BCUT2D eigenvalue weighted by atomic mass is 35.5. The van der Waals surface area contributed by atoms with Crippen LogP contribution in [0.2, 0.25) is 4.34 Å². The van der Waals surface area contributed by atoms with Crippen molar-refractivity contribution in [3.63, 3.8) is 0 Å². The summed E-state index contributed by atoms with van der Waals surface area (Å²) in [5.74, 6) is 0.806. The predicted molar refractivity (Wildman–Crippen MR) is 111 cm³/mol. The quantitative estimate of drug-likeness (QED) is 0.717. The Labute approximate surface area is 179 Å². The van der Waals surface area contributed by atoms with Crippen molar-refractivity contribution in [3.8, 4) is 11.5 Å². The number of thiophene rings is 1. The lowest BCUT2D eigenvalue weighted by Crippen LogP contribution is -2.52. The zero-order valence-corrected chi connectivity index (χ0v) is 18.4. The molecule has 1 fully saturated rings. The summed E-state index contributed by atoms with van der Waals surface area (Å²) in [5, 5.41) is 2.84. The molecule has 11 heteroatoms. The van der Waals surface area contributed by atoms with Gasteiger partial charge in [0.15, 0.2) is 11.5 Å². The molecule has 2 heterocycles. The Bertz CT molecular complexity index is 972. The zero-order chi connectivity index (χ0) is 21.0. The third-order valence-corrected chi connectivity index (χ3v) is 7.69. The van der Waals surface area contributed by atoms with Crippen LogP contribution in [0.3, 0.4) is 0 Å². The summed E-state index contributed by atoms with van der Waals surface area (Å²) in [4.78, 5) is 15.0. The largest absolute Gasteiger partial charge is 0.493 e. The first-order valence-corrected chi connectivity index (χ1v) is 11.5. The molecule has 0 bridgehead atoms. The highest BCUT2D eigenvalue weighted by Gasteiger charge is 2.30. The predicted octanol–water partition coefficient (Wildman–Crippen LogP) is 2.63. The molecule has 1 N–H and O–H groups in total. The molecule has 2 amide bonds. The lowest BCUT2D eigenvalue weighted by Gasteiger charge is -2.34. The van der Waals surface area contributed by atoms with Gasteiger partial charge in [-0.25, -0.2) is 13.2 Å². The fourth-order valence-corrected chi connectivity index (χ4v) is 5.44. The molecule has 158 valence electrons. The number of benzene rings is 1. The Morgan fingerprint density at radius 2 is 1.79 bits per heavy atom. The number of nitrogens with zero attached hydrogens (tertiary/aromatic N) is 2. The smallest absolute Gasteiger partial charge is 0.317 e. The third-order valence-electron chi connectivity index (χ3n) is 4.56. The van der Waals surface area contributed by atoms with Gasteiger partial charge in [-0.05, 0) is 24.3 Å². The van der Waals surface area contributed by atoms with Crippen molar-refractivity contribution in [3.05, 3.63) is 39.5 Å². The Kier molecular flexibility index (Phi) is 6.89. The number of piperazine rings is 1. The number of ether oxygens (including phenoxy) is 2. The lowest BCUT2D eigenvalue weighted by molar-refractivity contribution is 0.172. The van der Waals surface area contributed by atoms with E-state index in [0.29, 0.717) is 35.5 Å². The van der Waals surface area contributed by atoms with Gasteiger partial charge in [0.05, 0.1) is 30.0 Å². The number of halogens is 1. The van der Waals surface area contributed by atoms with E-state index in [1.165, 1.54) is 42.0 Å². The fourth-order valence-electron chi connectivity index (χ4n) is 2.98. The van der Waals surface area contributed by atoms with Gasteiger partial charge in [-0.1, -0.05) is 11.6 Å². The van der Waals surface area contributed by atoms with Crippen molar-refractivity contribution in [2.45, 2.75) is 11.4 Å². The van der Waals surface area contributed by atoms with E-state index in [0.717, 1.165) is 4.88 Å². The summed E-state index contributed by atoms with van der Waals surface area (Å²) in [7, 11) is -0.751. The standard InChI is InChI=1S/C18H22ClN3O5S2/c1-26-15-5-4-14(11-16(15)27-2)29(24,25)22-9-7-21(8-10-22)18(23)20-12-13-3-6-17(19)28-13/h3-6,11H,7-10,12H2,1-2H3,(H,20,23). The van der Waals surface area contributed by atoms with Crippen molar-refractivity contribution in [1.82, 2.24) is 14.5 Å². The van der Waals surface area contributed by atoms with Gasteiger partial charge in [0, 0.05) is 37.1 Å². The molecule has 8 nitrogen and oxygen atoms in total. The maximum absolute atomic E-state index is 12.9. The fraction of sp³-hybridized carbons (Fsp3) is 0.389. The maximum atomic E-state index is 12.9. The second kappa shape index (κ2) is 9.21. The molecular weight excluding hydrogens is 438 g/mol. The number of hydrogen-bond donors (Lipinski definition) is 1. The molecule has 0 radical (unpaired) electrons. The van der Waals surface area contributed by atoms with Gasteiger partial charge in [0.1, 0.15) is 0 Å². The van der Waals surface area contributed by atoms with Gasteiger partial charge in [-0.3, -0.25) is 0 Å². The van der Waals surface area contributed by atoms with Gasteiger partial charge >= 0.3 is 6.03 Å². The number of carbonyl (C=O) groups excluding carboxylic acids is 1. The van der Waals surface area contributed by atoms with Crippen LogP contribution in [0.4, 0.5) is 4.79 Å². The van der Waals surface area contributed by atoms with Crippen LogP contribution in [0.1, 0.15) is 4.88 Å². The van der Waals surface area contributed by atoms with E-state index in [-0.39, 0.29) is 24.0 Å². The van der Waals surface area contributed by atoms with Crippen LogP contribution in [-0.2, 0) is 16.6 Å². The molecule has 0 atom stereocenters. The van der Waals surface area contributed by atoms with E-state index in [9.17, 15) is 13.2 Å². The highest BCUT2D eigenvalue weighted by Crippen LogP contribution is 2.31. The number of rotatable bonds is 6. The number of hydrogen-bond acceptors (Lipinski definition) is 6. The van der Waals surface area contributed by atoms with Crippen LogP contribution in [-0.4, -0.2) is 64.1 Å². The number of sulfonamides is 1. The normalized spacial score (nSPS) is 15.2. The molecule has 0 aliphatic carbocycles. The SMILES string of the molecule is COc1ccc(S(=O)(=O)N2CCN(C(=O)NCc3ccc(Cl)s3)CC2)cc1OC. The van der Waals surface area contributed by atoms with Crippen molar-refractivity contribution >= 4 is 39.0 Å². The highest BCUT2D eigenvalue weighted by molar-refractivity contribution is 7.89. The average Bonchev–Trinajstić information content (AvgIpc) is 3.16. The number of nitrogens with one attached hydrogen (secondary N) is 1. The minimum atomic E-state index is -3.69. The molecule has 2 aromatic rings. The number of urea groups is 1. The van der Waals surface area contributed by atoms with Gasteiger partial charge in [-0.15, -0.1) is 11.3 Å². The van der Waals surface area contributed by atoms with E-state index >= 15 is 0 Å². The molecule has 29 heavy (non-hydrogen) atoms. The molecule has 0 spiro atoms. The van der Waals surface area contributed by atoms with Crippen molar-refractivity contribution < 1.29 is 22.7 Å². The minimum absolute atomic E-state index is 0.127. The summed E-state index contributed by atoms with van der Waals surface area (Å²) >= 11 is 7.30. The first kappa shape index (κ1) is 21.7. The summed E-state index contributed by atoms with van der Waals surface area (Å²) < 4.78 is 38.3. The summed E-state index contributed by atoms with van der Waals surface area (Å²) in [6.07, 6.45) is 0. The molecule has 1 aromatic carbocycles. The molecule has 1 aliphatic heterocycles. The molecule has 3 rings (SSSR count). The third kappa shape index (κ3) is 4.95. The van der Waals surface area contributed by atoms with Crippen LogP contribution in [0, 0.1) is 0 Å². The van der Waals surface area contributed by atoms with E-state index < -0.39 is 10.0 Å². The molecule has 1 saturated heterocycles. The zero-order valence-electron chi connectivity index (χ0n) is 16.1. The van der Waals surface area contributed by atoms with E-state index in [1.807, 2.05) is 6.07 Å². The van der Waals surface area contributed by atoms with Crippen molar-refractivity contribution in [2.75, 3.05) is 40.4 Å². The van der Waals surface area contributed by atoms with Gasteiger partial charge in [0.25, 0.3) is 0 Å². The van der Waals surface area contributed by atoms with Crippen LogP contribution < -0.4 is 14.8 Å². The average molecular weight is 460 g/mol. The van der Waals surface area contributed by atoms with E-state index in [2.05, 4.69) is 5.32 Å². The van der Waals surface area contributed by atoms with Crippen LogP contribution >= 0.6 is 22.9 Å².